The maximum atomic E-state index is 5.40. The number of ether oxygens (including phenoxy) is 1. The van der Waals surface area contributed by atoms with E-state index in [9.17, 15) is 0 Å². The number of benzene rings is 1. The van der Waals surface area contributed by atoms with Gasteiger partial charge in [-0.15, -0.1) is 0 Å². The molecule has 0 bridgehead atoms. The predicted molar refractivity (Wildman–Crippen MR) is 84.6 cm³/mol. The zero-order chi connectivity index (χ0) is 14.7. The monoisotopic (exact) mass is 272 g/mol. The molecule has 3 heteroatoms. The summed E-state index contributed by atoms with van der Waals surface area (Å²) in [7, 11) is 1.71. The van der Waals surface area contributed by atoms with Gasteiger partial charge in [0.15, 0.2) is 0 Å². The van der Waals surface area contributed by atoms with Crippen LogP contribution in [0.3, 0.4) is 0 Å². The van der Waals surface area contributed by atoms with Crippen molar-refractivity contribution >= 4 is 5.69 Å². The summed E-state index contributed by atoms with van der Waals surface area (Å²) in [5, 5.41) is 3.49. The molecule has 2 aromatic rings. The smallest absolute Gasteiger partial charge is 0.141 e. The molecule has 0 fully saturated rings. The van der Waals surface area contributed by atoms with Crippen LogP contribution >= 0.6 is 0 Å². The van der Waals surface area contributed by atoms with E-state index < -0.39 is 0 Å². The van der Waals surface area contributed by atoms with Crippen LogP contribution in [0, 0.1) is 20.8 Å². The Morgan fingerprint density at radius 2 is 1.90 bits per heavy atom. The number of aryl methyl sites for hydroxylation is 2. The van der Waals surface area contributed by atoms with Crippen molar-refractivity contribution in [1.29, 1.82) is 0 Å². The van der Waals surface area contributed by atoms with Crippen molar-refractivity contribution < 1.29 is 4.74 Å². The van der Waals surface area contributed by atoms with Crippen LogP contribution in [0.4, 0.5) is 5.69 Å². The first-order chi connectivity index (χ1) is 9.56. The Bertz CT molecular complexity index is 599. The normalized spacial score (nSPS) is 10.7. The Morgan fingerprint density at radius 1 is 1.15 bits per heavy atom. The van der Waals surface area contributed by atoms with E-state index in [1.165, 1.54) is 22.5 Å². The highest BCUT2D eigenvalue weighted by molar-refractivity contribution is 5.58. The summed E-state index contributed by atoms with van der Waals surface area (Å²) in [6.45, 7) is 10.5. The number of hydrogen-bond donors (Lipinski definition) is 1. The van der Waals surface area contributed by atoms with Crippen LogP contribution in [0.15, 0.2) is 24.3 Å². The minimum Gasteiger partial charge on any atom is -0.495 e. The SMILES string of the molecule is CCn1c(C)cc(CNc2cc(C)ccc2OC)c1C. The van der Waals surface area contributed by atoms with Gasteiger partial charge in [-0.3, -0.25) is 0 Å². The Morgan fingerprint density at radius 3 is 2.50 bits per heavy atom. The van der Waals surface area contributed by atoms with E-state index in [1.807, 2.05) is 6.07 Å². The third kappa shape index (κ3) is 2.82. The van der Waals surface area contributed by atoms with Crippen LogP contribution in [0.25, 0.3) is 0 Å². The molecule has 108 valence electrons. The molecule has 0 radical (unpaired) electrons. The second kappa shape index (κ2) is 6.04. The summed E-state index contributed by atoms with van der Waals surface area (Å²) >= 11 is 0. The van der Waals surface area contributed by atoms with Gasteiger partial charge in [-0.1, -0.05) is 6.07 Å². The fourth-order valence-corrected chi connectivity index (χ4v) is 2.69. The Hall–Kier alpha value is -1.90. The van der Waals surface area contributed by atoms with Gasteiger partial charge >= 0.3 is 0 Å². The molecule has 0 unspecified atom stereocenters. The van der Waals surface area contributed by atoms with Gasteiger partial charge in [0, 0.05) is 24.5 Å². The molecule has 20 heavy (non-hydrogen) atoms. The number of rotatable bonds is 5. The van der Waals surface area contributed by atoms with E-state index in [-0.39, 0.29) is 0 Å². The summed E-state index contributed by atoms with van der Waals surface area (Å²) in [6, 6.07) is 8.45. The standard InChI is InChI=1S/C17H24N2O/c1-6-19-13(3)10-15(14(19)4)11-18-16-9-12(2)7-8-17(16)20-5/h7-10,18H,6,11H2,1-5H3. The molecule has 2 rings (SSSR count). The third-order valence-corrected chi connectivity index (χ3v) is 3.82. The lowest BCUT2D eigenvalue weighted by Crippen LogP contribution is -2.04. The molecular formula is C17H24N2O. The van der Waals surface area contributed by atoms with E-state index in [1.54, 1.807) is 7.11 Å². The van der Waals surface area contributed by atoms with Crippen LogP contribution in [-0.4, -0.2) is 11.7 Å². The van der Waals surface area contributed by atoms with Gasteiger partial charge in [-0.05, 0) is 57.0 Å². The molecule has 0 aliphatic heterocycles. The fraction of sp³-hybridized carbons (Fsp3) is 0.412. The largest absolute Gasteiger partial charge is 0.495 e. The maximum absolute atomic E-state index is 5.40. The van der Waals surface area contributed by atoms with E-state index in [4.69, 9.17) is 4.74 Å². The van der Waals surface area contributed by atoms with Crippen molar-refractivity contribution in [2.45, 2.75) is 40.8 Å². The van der Waals surface area contributed by atoms with Crippen LogP contribution in [0.5, 0.6) is 5.75 Å². The molecule has 0 atom stereocenters. The lowest BCUT2D eigenvalue weighted by atomic mass is 10.2. The molecule has 1 heterocycles. The molecule has 0 saturated carbocycles. The number of anilines is 1. The second-order valence-corrected chi connectivity index (χ2v) is 5.20. The summed E-state index contributed by atoms with van der Waals surface area (Å²) in [4.78, 5) is 0. The lowest BCUT2D eigenvalue weighted by molar-refractivity contribution is 0.416. The van der Waals surface area contributed by atoms with Gasteiger partial charge in [-0.25, -0.2) is 0 Å². The van der Waals surface area contributed by atoms with E-state index in [2.05, 4.69) is 55.8 Å². The molecule has 0 amide bonds. The highest BCUT2D eigenvalue weighted by Gasteiger charge is 2.09. The molecule has 0 aliphatic rings. The fourth-order valence-electron chi connectivity index (χ4n) is 2.69. The van der Waals surface area contributed by atoms with E-state index in [0.717, 1.165) is 24.5 Å². The van der Waals surface area contributed by atoms with Crippen molar-refractivity contribution in [1.82, 2.24) is 4.57 Å². The van der Waals surface area contributed by atoms with Gasteiger partial charge < -0.3 is 14.6 Å². The van der Waals surface area contributed by atoms with Crippen molar-refractivity contribution in [2.24, 2.45) is 0 Å². The molecule has 3 nitrogen and oxygen atoms in total. The number of methoxy groups -OCH3 is 1. The first-order valence-electron chi connectivity index (χ1n) is 7.11. The Balaban J connectivity index is 2.19. The quantitative estimate of drug-likeness (QED) is 0.888. The van der Waals surface area contributed by atoms with E-state index >= 15 is 0 Å². The highest BCUT2D eigenvalue weighted by Crippen LogP contribution is 2.26. The van der Waals surface area contributed by atoms with Crippen molar-refractivity contribution in [3.63, 3.8) is 0 Å². The lowest BCUT2D eigenvalue weighted by Gasteiger charge is -2.12. The van der Waals surface area contributed by atoms with Crippen LogP contribution in [0.1, 0.15) is 29.4 Å². The summed E-state index contributed by atoms with van der Waals surface area (Å²) in [5.41, 5.74) is 6.27. The van der Waals surface area contributed by atoms with Crippen LogP contribution in [-0.2, 0) is 13.1 Å². The van der Waals surface area contributed by atoms with Gasteiger partial charge in [0.1, 0.15) is 5.75 Å². The van der Waals surface area contributed by atoms with Crippen LogP contribution in [0.2, 0.25) is 0 Å². The molecule has 0 aliphatic carbocycles. The first kappa shape index (κ1) is 14.5. The molecule has 1 aromatic carbocycles. The maximum Gasteiger partial charge on any atom is 0.141 e. The zero-order valence-corrected chi connectivity index (χ0v) is 13.1. The third-order valence-electron chi connectivity index (χ3n) is 3.82. The van der Waals surface area contributed by atoms with Crippen molar-refractivity contribution in [3.05, 3.63) is 46.8 Å². The molecule has 0 spiro atoms. The van der Waals surface area contributed by atoms with Gasteiger partial charge in [0.05, 0.1) is 12.8 Å². The van der Waals surface area contributed by atoms with Gasteiger partial charge in [-0.2, -0.15) is 0 Å². The second-order valence-electron chi connectivity index (χ2n) is 5.20. The van der Waals surface area contributed by atoms with E-state index in [0.29, 0.717) is 0 Å². The average molecular weight is 272 g/mol. The molecular weight excluding hydrogens is 248 g/mol. The number of nitrogens with one attached hydrogen (secondary N) is 1. The Kier molecular flexibility index (Phi) is 4.38. The van der Waals surface area contributed by atoms with Crippen molar-refractivity contribution in [2.75, 3.05) is 12.4 Å². The molecule has 1 N–H and O–H groups in total. The predicted octanol–water partition coefficient (Wildman–Crippen LogP) is 4.05. The van der Waals surface area contributed by atoms with Gasteiger partial charge in [0.2, 0.25) is 0 Å². The first-order valence-corrected chi connectivity index (χ1v) is 7.11. The minimum atomic E-state index is 0.819. The number of aromatic nitrogens is 1. The minimum absolute atomic E-state index is 0.819. The summed E-state index contributed by atoms with van der Waals surface area (Å²) in [6.07, 6.45) is 0. The highest BCUT2D eigenvalue weighted by atomic mass is 16.5. The summed E-state index contributed by atoms with van der Waals surface area (Å²) in [5.74, 6) is 0.889. The zero-order valence-electron chi connectivity index (χ0n) is 13.1. The number of nitrogens with zero attached hydrogens (tertiary/aromatic N) is 1. The summed E-state index contributed by atoms with van der Waals surface area (Å²) < 4.78 is 7.74. The molecule has 1 aromatic heterocycles. The number of hydrogen-bond acceptors (Lipinski definition) is 2. The average Bonchev–Trinajstić information content (AvgIpc) is 2.70. The van der Waals surface area contributed by atoms with Crippen molar-refractivity contribution in [3.8, 4) is 5.75 Å². The topological polar surface area (TPSA) is 26.2 Å². The van der Waals surface area contributed by atoms with Crippen LogP contribution < -0.4 is 10.1 Å². The van der Waals surface area contributed by atoms with Gasteiger partial charge in [0.25, 0.3) is 0 Å². The molecule has 0 saturated heterocycles. The Labute approximate surface area is 121 Å².